The number of nitrogens with one attached hydrogen (secondary N) is 1. The maximum absolute atomic E-state index is 12.1. The van der Waals surface area contributed by atoms with Crippen LogP contribution in [-0.4, -0.2) is 53.6 Å². The van der Waals surface area contributed by atoms with Gasteiger partial charge in [0.15, 0.2) is 0 Å². The van der Waals surface area contributed by atoms with E-state index in [9.17, 15) is 4.79 Å². The Labute approximate surface area is 213 Å². The normalized spacial score (nSPS) is 17.7. The fraction of sp³-hybridized carbons (Fsp3) is 0.483. The van der Waals surface area contributed by atoms with E-state index in [-0.39, 0.29) is 16.9 Å². The molecular formula is C29H42N2O3S. The lowest BCUT2D eigenvalue weighted by atomic mass is 10.1. The molecule has 0 aliphatic carbocycles. The molecule has 0 aromatic heterocycles. The van der Waals surface area contributed by atoms with Crippen LogP contribution in [-0.2, 0) is 8.92 Å². The molecule has 1 heterocycles. The van der Waals surface area contributed by atoms with Crippen molar-refractivity contribution in [1.29, 1.82) is 0 Å². The molecule has 1 atom stereocenters. The summed E-state index contributed by atoms with van der Waals surface area (Å²) in [6.45, 7) is 15.3. The van der Waals surface area contributed by atoms with Crippen molar-refractivity contribution >= 4 is 16.4 Å². The van der Waals surface area contributed by atoms with E-state index in [1.54, 1.807) is 0 Å². The smallest absolute Gasteiger partial charge is 0.407 e. The molecule has 0 spiro atoms. The van der Waals surface area contributed by atoms with Crippen LogP contribution in [0.5, 0.6) is 0 Å². The first kappa shape index (κ1) is 27.3. The zero-order valence-corrected chi connectivity index (χ0v) is 22.9. The van der Waals surface area contributed by atoms with E-state index in [0.29, 0.717) is 13.2 Å². The fourth-order valence-corrected chi connectivity index (χ4v) is 8.12. The Hall–Kier alpha value is -2.28. The predicted molar refractivity (Wildman–Crippen MR) is 146 cm³/mol. The van der Waals surface area contributed by atoms with Gasteiger partial charge in [0.2, 0.25) is 0 Å². The van der Waals surface area contributed by atoms with Gasteiger partial charge in [0.05, 0.1) is 12.6 Å². The van der Waals surface area contributed by atoms with Crippen molar-refractivity contribution in [3.8, 4) is 0 Å². The summed E-state index contributed by atoms with van der Waals surface area (Å²) in [5.74, 6) is 0. The van der Waals surface area contributed by atoms with Crippen molar-refractivity contribution in [3.63, 3.8) is 0 Å². The summed E-state index contributed by atoms with van der Waals surface area (Å²) in [5.41, 5.74) is -0.498. The minimum Gasteiger partial charge on any atom is -0.444 e. The third kappa shape index (κ3) is 7.12. The molecule has 1 N–H and O–H groups in total. The molecule has 6 heteroatoms. The summed E-state index contributed by atoms with van der Waals surface area (Å²) < 4.78 is 12.4. The van der Waals surface area contributed by atoms with Gasteiger partial charge in [-0.25, -0.2) is 4.79 Å². The highest BCUT2D eigenvalue weighted by Gasteiger charge is 2.42. The maximum atomic E-state index is 12.1. The van der Waals surface area contributed by atoms with Gasteiger partial charge < -0.3 is 14.2 Å². The molecule has 0 fully saturated rings. The SMILES string of the molecule is CC(C)(C)OC(=O)NCCN1CCC=C[C@H]1COS(c1ccccc1)(c1ccccc1)C(C)(C)C. The number of hydrogen-bond acceptors (Lipinski definition) is 4. The van der Waals surface area contributed by atoms with E-state index in [2.05, 4.69) is 104 Å². The van der Waals surface area contributed by atoms with Crippen molar-refractivity contribution < 1.29 is 13.7 Å². The molecule has 0 saturated heterocycles. The third-order valence-electron chi connectivity index (χ3n) is 5.91. The van der Waals surface area contributed by atoms with E-state index in [0.717, 1.165) is 19.5 Å². The number of benzene rings is 2. The molecule has 1 aliphatic heterocycles. The lowest BCUT2D eigenvalue weighted by Gasteiger charge is -2.51. The van der Waals surface area contributed by atoms with Gasteiger partial charge in [-0.3, -0.25) is 4.90 Å². The number of rotatable bonds is 8. The Bertz CT molecular complexity index is 925. The average molecular weight is 499 g/mol. The molecule has 0 saturated carbocycles. The Morgan fingerprint density at radius 1 is 0.971 bits per heavy atom. The highest BCUT2D eigenvalue weighted by molar-refractivity contribution is 8.31. The quantitative estimate of drug-likeness (QED) is 0.407. The monoisotopic (exact) mass is 498 g/mol. The second kappa shape index (κ2) is 11.6. The first-order valence-electron chi connectivity index (χ1n) is 12.5. The molecule has 0 radical (unpaired) electrons. The summed E-state index contributed by atoms with van der Waals surface area (Å²) >= 11 is 0. The van der Waals surface area contributed by atoms with E-state index in [4.69, 9.17) is 8.92 Å². The average Bonchev–Trinajstić information content (AvgIpc) is 2.80. The summed E-state index contributed by atoms with van der Waals surface area (Å²) in [5, 5.41) is 2.89. The molecule has 1 amide bonds. The second-order valence-electron chi connectivity index (χ2n) is 10.8. The minimum absolute atomic E-state index is 0.114. The van der Waals surface area contributed by atoms with Gasteiger partial charge in [-0.05, 0) is 72.2 Å². The summed E-state index contributed by atoms with van der Waals surface area (Å²) in [7, 11) is -1.80. The van der Waals surface area contributed by atoms with Gasteiger partial charge in [0.1, 0.15) is 5.60 Å². The number of amides is 1. The molecule has 0 unspecified atom stereocenters. The number of carbonyl (C=O) groups excluding carboxylic acids is 1. The number of alkyl carbamates (subject to hydrolysis) is 1. The zero-order valence-electron chi connectivity index (χ0n) is 22.1. The van der Waals surface area contributed by atoms with Crippen LogP contribution in [0.25, 0.3) is 0 Å². The van der Waals surface area contributed by atoms with E-state index in [1.807, 2.05) is 20.8 Å². The summed E-state index contributed by atoms with van der Waals surface area (Å²) in [6.07, 6.45) is 5.12. The Kier molecular flexibility index (Phi) is 9.08. The lowest BCUT2D eigenvalue weighted by molar-refractivity contribution is 0.0518. The van der Waals surface area contributed by atoms with Crippen LogP contribution in [0.15, 0.2) is 82.6 Å². The number of nitrogens with zero attached hydrogens (tertiary/aromatic N) is 1. The van der Waals surface area contributed by atoms with Gasteiger partial charge in [0.25, 0.3) is 0 Å². The van der Waals surface area contributed by atoms with Gasteiger partial charge in [-0.2, -0.15) is 0 Å². The molecule has 2 aromatic carbocycles. The van der Waals surface area contributed by atoms with Crippen molar-refractivity contribution in [1.82, 2.24) is 10.2 Å². The highest BCUT2D eigenvalue weighted by atomic mass is 32.3. The van der Waals surface area contributed by atoms with Gasteiger partial charge in [0, 0.05) is 34.2 Å². The first-order chi connectivity index (χ1) is 16.5. The molecule has 1 aliphatic rings. The number of ether oxygens (including phenoxy) is 1. The second-order valence-corrected chi connectivity index (χ2v) is 14.3. The van der Waals surface area contributed by atoms with E-state index < -0.39 is 15.9 Å². The van der Waals surface area contributed by atoms with Crippen LogP contribution in [0, 0.1) is 0 Å². The highest BCUT2D eigenvalue weighted by Crippen LogP contribution is 2.71. The fourth-order valence-electron chi connectivity index (χ4n) is 4.39. The van der Waals surface area contributed by atoms with Gasteiger partial charge >= 0.3 is 6.09 Å². The van der Waals surface area contributed by atoms with Crippen LogP contribution in [0.2, 0.25) is 0 Å². The third-order valence-corrected chi connectivity index (χ3v) is 9.99. The molecular weight excluding hydrogens is 456 g/mol. The van der Waals surface area contributed by atoms with Gasteiger partial charge in [-0.1, -0.05) is 58.9 Å². The number of carbonyl (C=O) groups is 1. The van der Waals surface area contributed by atoms with Crippen LogP contribution in [0.4, 0.5) is 4.79 Å². The first-order valence-corrected chi connectivity index (χ1v) is 14.0. The van der Waals surface area contributed by atoms with Crippen LogP contribution in [0.3, 0.4) is 0 Å². The van der Waals surface area contributed by atoms with Crippen LogP contribution >= 0.6 is 10.3 Å². The van der Waals surface area contributed by atoms with Crippen LogP contribution < -0.4 is 5.32 Å². The topological polar surface area (TPSA) is 50.8 Å². The molecule has 35 heavy (non-hydrogen) atoms. The van der Waals surface area contributed by atoms with Crippen molar-refractivity contribution in [3.05, 3.63) is 72.8 Å². The van der Waals surface area contributed by atoms with Crippen molar-refractivity contribution in [2.75, 3.05) is 26.2 Å². The summed E-state index contributed by atoms with van der Waals surface area (Å²) in [6, 6.07) is 21.5. The van der Waals surface area contributed by atoms with Crippen molar-refractivity contribution in [2.45, 2.75) is 74.1 Å². The Balaban J connectivity index is 1.79. The molecule has 0 bridgehead atoms. The van der Waals surface area contributed by atoms with E-state index in [1.165, 1.54) is 9.79 Å². The number of hydrogen-bond donors (Lipinski definition) is 1. The Morgan fingerprint density at radius 2 is 1.54 bits per heavy atom. The molecule has 192 valence electrons. The minimum atomic E-state index is -1.80. The molecule has 5 nitrogen and oxygen atoms in total. The predicted octanol–water partition coefficient (Wildman–Crippen LogP) is 6.79. The maximum Gasteiger partial charge on any atom is 0.407 e. The zero-order chi connectivity index (χ0) is 25.5. The molecule has 3 rings (SSSR count). The largest absolute Gasteiger partial charge is 0.444 e. The standard InChI is InChI=1S/C29H42N2O3S/c1-28(2,3)34-27(32)30-20-22-31-21-14-13-15-24(31)23-33-35(29(4,5)6,25-16-9-7-10-17-25)26-18-11-8-12-19-26/h7-13,15-19,24H,14,20-23H2,1-6H3,(H,30,32)/t24-/m0/s1. The summed E-state index contributed by atoms with van der Waals surface area (Å²) in [4.78, 5) is 16.9. The van der Waals surface area contributed by atoms with Crippen molar-refractivity contribution in [2.24, 2.45) is 0 Å². The lowest BCUT2D eigenvalue weighted by Crippen LogP contribution is -2.45. The molecule has 2 aromatic rings. The van der Waals surface area contributed by atoms with Crippen LogP contribution in [0.1, 0.15) is 48.0 Å². The van der Waals surface area contributed by atoms with E-state index >= 15 is 0 Å². The Morgan fingerprint density at radius 3 is 2.06 bits per heavy atom. The van der Waals surface area contributed by atoms with Gasteiger partial charge in [-0.15, -0.1) is 0 Å².